The van der Waals surface area contributed by atoms with Gasteiger partial charge in [0.25, 0.3) is 0 Å². The Balaban J connectivity index is 1.73. The van der Waals surface area contributed by atoms with Crippen molar-refractivity contribution < 1.29 is 14.0 Å². The van der Waals surface area contributed by atoms with Gasteiger partial charge in [-0.3, -0.25) is 4.90 Å². The summed E-state index contributed by atoms with van der Waals surface area (Å²) in [5, 5.41) is 4.07. The molecule has 22 heavy (non-hydrogen) atoms. The standard InChI is InChI=1S/C16H21N3O3/c1-11-10-21-12(2)8-19(11)9-15-17-16(18-22-15)13-5-4-6-14(7-13)20-3/h4-7,11-12H,8-10H2,1-3H3/t11-,12+/m0/s1. The Labute approximate surface area is 130 Å². The van der Waals surface area contributed by atoms with E-state index < -0.39 is 0 Å². The quantitative estimate of drug-likeness (QED) is 0.864. The molecule has 1 fully saturated rings. The average Bonchev–Trinajstić information content (AvgIpc) is 2.99. The smallest absolute Gasteiger partial charge is 0.241 e. The Morgan fingerprint density at radius 1 is 1.36 bits per heavy atom. The van der Waals surface area contributed by atoms with Gasteiger partial charge < -0.3 is 14.0 Å². The van der Waals surface area contributed by atoms with Gasteiger partial charge in [-0.15, -0.1) is 0 Å². The van der Waals surface area contributed by atoms with Crippen molar-refractivity contribution in [3.8, 4) is 17.1 Å². The first-order valence-corrected chi connectivity index (χ1v) is 7.48. The molecule has 0 spiro atoms. The molecule has 118 valence electrons. The summed E-state index contributed by atoms with van der Waals surface area (Å²) >= 11 is 0. The van der Waals surface area contributed by atoms with E-state index in [1.165, 1.54) is 0 Å². The lowest BCUT2D eigenvalue weighted by Crippen LogP contribution is -2.46. The van der Waals surface area contributed by atoms with Crippen LogP contribution in [0.2, 0.25) is 0 Å². The number of methoxy groups -OCH3 is 1. The molecule has 0 aliphatic carbocycles. The highest BCUT2D eigenvalue weighted by molar-refractivity contribution is 5.56. The third kappa shape index (κ3) is 3.28. The second-order valence-electron chi connectivity index (χ2n) is 5.67. The zero-order chi connectivity index (χ0) is 15.5. The molecule has 0 N–H and O–H groups in total. The highest BCUT2D eigenvalue weighted by Gasteiger charge is 2.25. The highest BCUT2D eigenvalue weighted by Crippen LogP contribution is 2.22. The number of nitrogens with zero attached hydrogens (tertiary/aromatic N) is 3. The van der Waals surface area contributed by atoms with E-state index >= 15 is 0 Å². The van der Waals surface area contributed by atoms with Crippen molar-refractivity contribution in [3.05, 3.63) is 30.2 Å². The summed E-state index contributed by atoms with van der Waals surface area (Å²) < 4.78 is 16.3. The van der Waals surface area contributed by atoms with Gasteiger partial charge >= 0.3 is 0 Å². The molecule has 2 heterocycles. The van der Waals surface area contributed by atoms with Crippen LogP contribution >= 0.6 is 0 Å². The first kappa shape index (κ1) is 15.0. The van der Waals surface area contributed by atoms with E-state index in [2.05, 4.69) is 28.9 Å². The molecule has 0 bridgehead atoms. The SMILES string of the molecule is COc1cccc(-c2noc(CN3C[C@@H](C)OC[C@@H]3C)n2)c1. The van der Waals surface area contributed by atoms with Gasteiger partial charge in [-0.05, 0) is 26.0 Å². The maximum absolute atomic E-state index is 5.64. The third-order valence-electron chi connectivity index (χ3n) is 3.87. The van der Waals surface area contributed by atoms with Gasteiger partial charge in [-0.2, -0.15) is 4.98 Å². The number of hydrogen-bond donors (Lipinski definition) is 0. The fourth-order valence-corrected chi connectivity index (χ4v) is 2.56. The van der Waals surface area contributed by atoms with Gasteiger partial charge in [0.1, 0.15) is 5.75 Å². The minimum absolute atomic E-state index is 0.233. The minimum Gasteiger partial charge on any atom is -0.497 e. The van der Waals surface area contributed by atoms with Crippen LogP contribution in [0.4, 0.5) is 0 Å². The second-order valence-corrected chi connectivity index (χ2v) is 5.67. The Morgan fingerprint density at radius 3 is 3.05 bits per heavy atom. The minimum atomic E-state index is 0.233. The summed E-state index contributed by atoms with van der Waals surface area (Å²) in [6, 6.07) is 7.99. The predicted octanol–water partition coefficient (Wildman–Crippen LogP) is 2.35. The van der Waals surface area contributed by atoms with E-state index in [-0.39, 0.29) is 6.10 Å². The van der Waals surface area contributed by atoms with Crippen LogP contribution < -0.4 is 4.74 Å². The summed E-state index contributed by atoms with van der Waals surface area (Å²) in [5.74, 6) is 1.99. The first-order valence-electron chi connectivity index (χ1n) is 7.48. The fourth-order valence-electron chi connectivity index (χ4n) is 2.56. The molecule has 0 radical (unpaired) electrons. The van der Waals surface area contributed by atoms with Crippen LogP contribution in [0.3, 0.4) is 0 Å². The molecule has 0 amide bonds. The number of morpholine rings is 1. The summed E-state index contributed by atoms with van der Waals surface area (Å²) in [7, 11) is 1.64. The molecule has 2 aromatic rings. The van der Waals surface area contributed by atoms with Gasteiger partial charge in [-0.1, -0.05) is 17.3 Å². The van der Waals surface area contributed by atoms with Gasteiger partial charge in [-0.25, -0.2) is 0 Å². The first-order chi connectivity index (χ1) is 10.7. The van der Waals surface area contributed by atoms with E-state index in [4.69, 9.17) is 14.0 Å². The van der Waals surface area contributed by atoms with Gasteiger partial charge in [0, 0.05) is 18.2 Å². The molecule has 6 heteroatoms. The molecule has 0 unspecified atom stereocenters. The predicted molar refractivity (Wildman–Crippen MR) is 81.6 cm³/mol. The zero-order valence-electron chi connectivity index (χ0n) is 13.2. The lowest BCUT2D eigenvalue weighted by molar-refractivity contribution is -0.0555. The van der Waals surface area contributed by atoms with Crippen LogP contribution in [0.5, 0.6) is 5.75 Å². The number of rotatable bonds is 4. The van der Waals surface area contributed by atoms with Crippen molar-refractivity contribution in [1.82, 2.24) is 15.0 Å². The molecule has 0 saturated carbocycles. The van der Waals surface area contributed by atoms with E-state index in [0.29, 0.717) is 24.3 Å². The zero-order valence-corrected chi connectivity index (χ0v) is 13.2. The average molecular weight is 303 g/mol. The van der Waals surface area contributed by atoms with Crippen LogP contribution in [0, 0.1) is 0 Å². The third-order valence-corrected chi connectivity index (χ3v) is 3.87. The molecular formula is C16H21N3O3. The van der Waals surface area contributed by atoms with Crippen molar-refractivity contribution in [2.75, 3.05) is 20.3 Å². The van der Waals surface area contributed by atoms with E-state index in [1.807, 2.05) is 24.3 Å². The lowest BCUT2D eigenvalue weighted by Gasteiger charge is -2.35. The summed E-state index contributed by atoms with van der Waals surface area (Å²) in [6.45, 7) is 6.47. The van der Waals surface area contributed by atoms with Crippen molar-refractivity contribution in [3.63, 3.8) is 0 Å². The highest BCUT2D eigenvalue weighted by atomic mass is 16.5. The summed E-state index contributed by atoms with van der Waals surface area (Å²) in [4.78, 5) is 6.80. The van der Waals surface area contributed by atoms with Crippen molar-refractivity contribution in [1.29, 1.82) is 0 Å². The van der Waals surface area contributed by atoms with E-state index in [0.717, 1.165) is 24.5 Å². The van der Waals surface area contributed by atoms with Crippen LogP contribution in [-0.4, -0.2) is 47.4 Å². The van der Waals surface area contributed by atoms with Crippen molar-refractivity contribution in [2.24, 2.45) is 0 Å². The maximum Gasteiger partial charge on any atom is 0.241 e. The topological polar surface area (TPSA) is 60.6 Å². The maximum atomic E-state index is 5.64. The Kier molecular flexibility index (Phi) is 4.40. The molecule has 1 saturated heterocycles. The molecule has 1 aromatic heterocycles. The Bertz CT molecular complexity index is 629. The Morgan fingerprint density at radius 2 is 2.23 bits per heavy atom. The second kappa shape index (κ2) is 6.46. The molecule has 3 rings (SSSR count). The number of hydrogen-bond acceptors (Lipinski definition) is 6. The van der Waals surface area contributed by atoms with Gasteiger partial charge in [0.15, 0.2) is 0 Å². The monoisotopic (exact) mass is 303 g/mol. The van der Waals surface area contributed by atoms with Crippen LogP contribution in [-0.2, 0) is 11.3 Å². The molecule has 1 aliphatic rings. The normalized spacial score (nSPS) is 22.7. The molecular weight excluding hydrogens is 282 g/mol. The molecule has 1 aromatic carbocycles. The van der Waals surface area contributed by atoms with Crippen molar-refractivity contribution in [2.45, 2.75) is 32.5 Å². The molecule has 6 nitrogen and oxygen atoms in total. The number of benzene rings is 1. The Hall–Kier alpha value is -1.92. The lowest BCUT2D eigenvalue weighted by atomic mass is 10.2. The molecule has 1 aliphatic heterocycles. The van der Waals surface area contributed by atoms with Crippen LogP contribution in [0.25, 0.3) is 11.4 Å². The summed E-state index contributed by atoms with van der Waals surface area (Å²) in [5.41, 5.74) is 0.887. The van der Waals surface area contributed by atoms with Gasteiger partial charge in [0.2, 0.25) is 11.7 Å². The van der Waals surface area contributed by atoms with Crippen molar-refractivity contribution >= 4 is 0 Å². The van der Waals surface area contributed by atoms with Crippen LogP contribution in [0.1, 0.15) is 19.7 Å². The largest absolute Gasteiger partial charge is 0.497 e. The van der Waals surface area contributed by atoms with Gasteiger partial charge in [0.05, 0.1) is 26.4 Å². The van der Waals surface area contributed by atoms with E-state index in [9.17, 15) is 0 Å². The number of ether oxygens (including phenoxy) is 2. The fraction of sp³-hybridized carbons (Fsp3) is 0.500. The van der Waals surface area contributed by atoms with Crippen LogP contribution in [0.15, 0.2) is 28.8 Å². The summed E-state index contributed by atoms with van der Waals surface area (Å²) in [6.07, 6.45) is 0.233. The number of aromatic nitrogens is 2. The molecule has 2 atom stereocenters. The van der Waals surface area contributed by atoms with E-state index in [1.54, 1.807) is 7.11 Å².